The monoisotopic (exact) mass is 309 g/mol. The molecule has 0 aromatic carbocycles. The van der Waals surface area contributed by atoms with Crippen molar-refractivity contribution in [3.63, 3.8) is 0 Å². The van der Waals surface area contributed by atoms with Crippen LogP contribution < -0.4 is 11.3 Å². The number of hydrogen-bond acceptors (Lipinski definition) is 7. The third kappa shape index (κ3) is 1.80. The molecular weight excluding hydrogens is 297 g/mol. The Kier molecular flexibility index (Phi) is 2.96. The normalized spacial score (nSPS) is 31.5. The van der Waals surface area contributed by atoms with Crippen LogP contribution in [0.2, 0.25) is 0 Å². The number of nitrogens with two attached hydrogens (primary N) is 1. The number of alkyl halides is 1. The van der Waals surface area contributed by atoms with Gasteiger partial charge in [0.25, 0.3) is 11.4 Å². The van der Waals surface area contributed by atoms with Gasteiger partial charge in [-0.05, 0) is 6.07 Å². The largest absolute Gasteiger partial charge is 0.390 e. The van der Waals surface area contributed by atoms with Crippen molar-refractivity contribution in [1.29, 1.82) is 5.26 Å². The molecule has 5 N–H and O–H groups in total. The Bertz CT molecular complexity index is 842. The van der Waals surface area contributed by atoms with Crippen LogP contribution in [0.15, 0.2) is 17.1 Å². The zero-order chi connectivity index (χ0) is 16.1. The zero-order valence-electron chi connectivity index (χ0n) is 11.2. The minimum Gasteiger partial charge on any atom is -0.390 e. The van der Waals surface area contributed by atoms with Crippen molar-refractivity contribution in [2.45, 2.75) is 24.1 Å². The van der Waals surface area contributed by atoms with E-state index in [1.165, 1.54) is 12.3 Å². The second-order valence-corrected chi connectivity index (χ2v) is 5.04. The van der Waals surface area contributed by atoms with Crippen LogP contribution in [-0.2, 0) is 10.5 Å². The number of rotatable bonds is 2. The van der Waals surface area contributed by atoms with Crippen molar-refractivity contribution in [3.05, 3.63) is 22.6 Å². The van der Waals surface area contributed by atoms with E-state index in [4.69, 9.17) is 15.6 Å². The summed E-state index contributed by atoms with van der Waals surface area (Å²) in [5, 5.41) is 28.4. The molecule has 0 bridgehead atoms. The fraction of sp³-hybridized carbons (Fsp3) is 0.417. The highest BCUT2D eigenvalue weighted by Gasteiger charge is 2.58. The van der Waals surface area contributed by atoms with Gasteiger partial charge in [0.15, 0.2) is 5.65 Å². The average molecular weight is 309 g/mol. The van der Waals surface area contributed by atoms with Crippen LogP contribution in [-0.4, -0.2) is 43.3 Å². The molecule has 0 unspecified atom stereocenters. The van der Waals surface area contributed by atoms with Crippen LogP contribution in [0.4, 0.5) is 10.3 Å². The maximum Gasteiger partial charge on any atom is 0.261 e. The zero-order valence-corrected chi connectivity index (χ0v) is 11.2. The number of fused-ring (bicyclic) bond motifs is 1. The summed E-state index contributed by atoms with van der Waals surface area (Å²) in [6, 6.07) is 3.14. The molecule has 1 aliphatic heterocycles. The van der Waals surface area contributed by atoms with E-state index in [2.05, 4.69) is 9.97 Å². The summed E-state index contributed by atoms with van der Waals surface area (Å²) in [5.41, 5.74) is 3.01. The molecule has 2 aromatic heterocycles. The van der Waals surface area contributed by atoms with Crippen LogP contribution in [0, 0.1) is 11.3 Å². The summed E-state index contributed by atoms with van der Waals surface area (Å²) in [6.07, 6.45) is -0.849. The second kappa shape index (κ2) is 4.51. The summed E-state index contributed by atoms with van der Waals surface area (Å²) < 4.78 is 20.4. The Balaban J connectivity index is 2.22. The Morgan fingerprint density at radius 2 is 2.45 bits per heavy atom. The molecule has 0 spiro atoms. The van der Waals surface area contributed by atoms with Crippen molar-refractivity contribution >= 4 is 17.0 Å². The van der Waals surface area contributed by atoms with Gasteiger partial charge >= 0.3 is 0 Å². The molecule has 9 nitrogen and oxygen atoms in total. The van der Waals surface area contributed by atoms with E-state index in [0.717, 1.165) is 4.57 Å². The van der Waals surface area contributed by atoms with Crippen LogP contribution in [0.5, 0.6) is 0 Å². The lowest BCUT2D eigenvalue weighted by atomic mass is 10.1. The molecule has 10 heteroatoms. The molecule has 3 rings (SSSR count). The maximum absolute atomic E-state index is 14.3. The van der Waals surface area contributed by atoms with Gasteiger partial charge in [-0.15, -0.1) is 0 Å². The highest BCUT2D eigenvalue weighted by molar-refractivity contribution is 5.76. The lowest BCUT2D eigenvalue weighted by Gasteiger charge is -2.25. The average Bonchev–Trinajstić information content (AvgIpc) is 3.00. The Morgan fingerprint density at radius 3 is 3.05 bits per heavy atom. The molecule has 1 fully saturated rings. The van der Waals surface area contributed by atoms with Gasteiger partial charge in [0.1, 0.15) is 18.8 Å². The summed E-state index contributed by atoms with van der Waals surface area (Å²) in [7, 11) is 0. The first kappa shape index (κ1) is 14.5. The first-order chi connectivity index (χ1) is 10.3. The Hall–Kier alpha value is -2.48. The molecule has 1 saturated heterocycles. The smallest absolute Gasteiger partial charge is 0.261 e. The van der Waals surface area contributed by atoms with Crippen molar-refractivity contribution in [1.82, 2.24) is 14.5 Å². The van der Waals surface area contributed by atoms with Crippen molar-refractivity contribution < 1.29 is 19.3 Å². The number of nitrogens with zero attached hydrogens (tertiary/aromatic N) is 3. The number of nitriles is 1. The number of nitrogen functional groups attached to an aromatic ring is 1. The number of aliphatic hydroxyl groups excluding tert-OH is 2. The topological polar surface area (TPSA) is 150 Å². The number of halogens is 1. The van der Waals surface area contributed by atoms with Gasteiger partial charge in [0.2, 0.25) is 11.7 Å². The number of anilines is 1. The van der Waals surface area contributed by atoms with E-state index in [0.29, 0.717) is 0 Å². The number of aliphatic hydroxyl groups is 2. The molecule has 22 heavy (non-hydrogen) atoms. The number of aromatic amines is 1. The van der Waals surface area contributed by atoms with Gasteiger partial charge in [0, 0.05) is 12.6 Å². The van der Waals surface area contributed by atoms with Crippen LogP contribution in [0.3, 0.4) is 0 Å². The first-order valence-corrected chi connectivity index (χ1v) is 6.32. The third-order valence-corrected chi connectivity index (χ3v) is 3.66. The van der Waals surface area contributed by atoms with Gasteiger partial charge in [-0.3, -0.25) is 14.3 Å². The van der Waals surface area contributed by atoms with E-state index in [9.17, 15) is 19.6 Å². The number of nitrogens with one attached hydrogen (secondary N) is 1. The van der Waals surface area contributed by atoms with Gasteiger partial charge in [-0.2, -0.15) is 10.2 Å². The molecule has 0 amide bonds. The molecule has 0 saturated carbocycles. The number of ether oxygens (including phenoxy) is 1. The minimum atomic E-state index is -2.78. The molecule has 116 valence electrons. The number of H-pyrrole nitrogens is 1. The molecule has 0 aliphatic carbocycles. The molecule has 1 aliphatic rings. The van der Waals surface area contributed by atoms with Crippen LogP contribution in [0.25, 0.3) is 11.0 Å². The third-order valence-electron chi connectivity index (χ3n) is 3.66. The number of hydrogen-bond donors (Lipinski definition) is 4. The van der Waals surface area contributed by atoms with E-state index in [1.807, 2.05) is 0 Å². The second-order valence-electron chi connectivity index (χ2n) is 5.04. The fourth-order valence-electron chi connectivity index (χ4n) is 2.54. The van der Waals surface area contributed by atoms with E-state index in [1.54, 1.807) is 6.07 Å². The van der Waals surface area contributed by atoms with E-state index in [-0.39, 0.29) is 17.0 Å². The highest BCUT2D eigenvalue weighted by Crippen LogP contribution is 2.43. The summed E-state index contributed by atoms with van der Waals surface area (Å²) in [5.74, 6) is -2.96. The Labute approximate surface area is 122 Å². The van der Waals surface area contributed by atoms with Gasteiger partial charge in [-0.25, -0.2) is 4.39 Å². The lowest BCUT2D eigenvalue weighted by molar-refractivity contribution is -0.225. The highest BCUT2D eigenvalue weighted by atomic mass is 19.2. The lowest BCUT2D eigenvalue weighted by Crippen LogP contribution is -2.40. The van der Waals surface area contributed by atoms with Crippen molar-refractivity contribution in [3.8, 4) is 6.07 Å². The summed E-state index contributed by atoms with van der Waals surface area (Å²) in [6.45, 7) is -1.12. The molecule has 2 aromatic rings. The summed E-state index contributed by atoms with van der Waals surface area (Å²) in [4.78, 5) is 18.0. The predicted molar refractivity (Wildman–Crippen MR) is 71.0 cm³/mol. The Morgan fingerprint density at radius 1 is 1.73 bits per heavy atom. The van der Waals surface area contributed by atoms with E-state index < -0.39 is 36.3 Å². The molecule has 3 heterocycles. The SMILES string of the molecule is N#C[C@]1(n2ccc3c(=O)[nH]c(N)nc32)C[C@H](O)[C@@](F)(CO)O1. The predicted octanol–water partition coefficient (Wildman–Crippen LogP) is -1.08. The van der Waals surface area contributed by atoms with Crippen LogP contribution in [0.1, 0.15) is 6.42 Å². The van der Waals surface area contributed by atoms with Crippen molar-refractivity contribution in [2.24, 2.45) is 0 Å². The summed E-state index contributed by atoms with van der Waals surface area (Å²) >= 11 is 0. The van der Waals surface area contributed by atoms with E-state index >= 15 is 0 Å². The van der Waals surface area contributed by atoms with Gasteiger partial charge < -0.3 is 20.7 Å². The molecule has 0 radical (unpaired) electrons. The van der Waals surface area contributed by atoms with Gasteiger partial charge in [0.05, 0.1) is 5.39 Å². The standard InChI is InChI=1S/C12H12FN5O4/c13-12(5-19)7(20)3-11(4-14,22-12)18-2-1-6-8(18)16-10(15)17-9(6)21/h1-2,7,19-20H,3,5H2,(H3,15,16,17,21)/t7-,11-,12+/m0/s1. The van der Waals surface area contributed by atoms with Crippen molar-refractivity contribution in [2.75, 3.05) is 12.3 Å². The minimum absolute atomic E-state index is 0.0113. The first-order valence-electron chi connectivity index (χ1n) is 6.32. The molecule has 3 atom stereocenters. The quantitative estimate of drug-likeness (QED) is 0.551. The maximum atomic E-state index is 14.3. The molecular formula is C12H12FN5O4. The number of aromatic nitrogens is 3. The fourth-order valence-corrected chi connectivity index (χ4v) is 2.54. The van der Waals surface area contributed by atoms with Crippen LogP contribution >= 0.6 is 0 Å². The van der Waals surface area contributed by atoms with Gasteiger partial charge in [-0.1, -0.05) is 0 Å².